The van der Waals surface area contributed by atoms with Gasteiger partial charge in [-0.2, -0.15) is 0 Å². The van der Waals surface area contributed by atoms with Crippen LogP contribution in [0.1, 0.15) is 78.4 Å². The van der Waals surface area contributed by atoms with Gasteiger partial charge >= 0.3 is 6.09 Å². The average molecular weight is 459 g/mol. The molecule has 3 aliphatic rings. The van der Waals surface area contributed by atoms with E-state index in [4.69, 9.17) is 14.2 Å². The standard InChI is InChI=1S/C27H42N2O4/c1-18(2)12-16-31-20-8-9-23-22(17-20)25-21(7-6-15-32-25)24(28-23)19-10-13-29(14-11-19)26(30)33-27(3,4)5/h8-9,17-19,21,24-25,28H,6-7,10-16H2,1-5H3/t21-,24-,25-/m0/s1. The van der Waals surface area contributed by atoms with Crippen molar-refractivity contribution in [2.24, 2.45) is 17.8 Å². The molecular weight excluding hydrogens is 416 g/mol. The van der Waals surface area contributed by atoms with Crippen molar-refractivity contribution in [3.8, 4) is 5.75 Å². The molecule has 1 aromatic carbocycles. The molecule has 0 unspecified atom stereocenters. The summed E-state index contributed by atoms with van der Waals surface area (Å²) in [5.41, 5.74) is 1.96. The van der Waals surface area contributed by atoms with Crippen molar-refractivity contribution in [2.75, 3.05) is 31.6 Å². The van der Waals surface area contributed by atoms with Gasteiger partial charge in [-0.3, -0.25) is 0 Å². The molecule has 0 aliphatic carbocycles. The Kier molecular flexibility index (Phi) is 7.42. The van der Waals surface area contributed by atoms with Crippen molar-refractivity contribution in [3.63, 3.8) is 0 Å². The fourth-order valence-corrected chi connectivity index (χ4v) is 5.42. The number of carbonyl (C=O) groups is 1. The maximum atomic E-state index is 12.5. The third kappa shape index (κ3) is 5.95. The number of rotatable bonds is 5. The number of amides is 1. The Bertz CT molecular complexity index is 811. The summed E-state index contributed by atoms with van der Waals surface area (Å²) in [7, 11) is 0. The number of anilines is 1. The molecule has 6 nitrogen and oxygen atoms in total. The first-order valence-electron chi connectivity index (χ1n) is 12.8. The van der Waals surface area contributed by atoms with E-state index in [0.717, 1.165) is 57.7 Å². The van der Waals surface area contributed by atoms with Crippen LogP contribution >= 0.6 is 0 Å². The zero-order valence-corrected chi connectivity index (χ0v) is 21.1. The predicted octanol–water partition coefficient (Wildman–Crippen LogP) is 6.02. The van der Waals surface area contributed by atoms with Gasteiger partial charge in [0.2, 0.25) is 0 Å². The number of fused-ring (bicyclic) bond motifs is 3. The highest BCUT2D eigenvalue weighted by atomic mass is 16.6. The second-order valence-electron chi connectivity index (χ2n) is 11.4. The molecule has 0 aromatic heterocycles. The van der Waals surface area contributed by atoms with Gasteiger partial charge < -0.3 is 24.4 Å². The number of nitrogens with one attached hydrogen (secondary N) is 1. The number of hydrogen-bond acceptors (Lipinski definition) is 5. The van der Waals surface area contributed by atoms with E-state index in [2.05, 4.69) is 37.4 Å². The molecule has 0 saturated carbocycles. The Morgan fingerprint density at radius 3 is 2.67 bits per heavy atom. The SMILES string of the molecule is CC(C)CCOc1ccc2c(c1)[C@H]1OCCC[C@H]1[C@H](C1CCN(C(=O)OC(C)(C)C)CC1)N2. The van der Waals surface area contributed by atoms with Crippen LogP contribution in [0, 0.1) is 17.8 Å². The first kappa shape index (κ1) is 24.2. The Hall–Kier alpha value is -1.95. The van der Waals surface area contributed by atoms with E-state index in [9.17, 15) is 4.79 Å². The van der Waals surface area contributed by atoms with E-state index in [0.29, 0.717) is 23.8 Å². The van der Waals surface area contributed by atoms with Gasteiger partial charge in [0, 0.05) is 42.9 Å². The van der Waals surface area contributed by atoms with Gasteiger partial charge in [-0.25, -0.2) is 4.79 Å². The van der Waals surface area contributed by atoms with Gasteiger partial charge in [-0.05, 0) is 82.9 Å². The largest absolute Gasteiger partial charge is 0.494 e. The fraction of sp³-hybridized carbons (Fsp3) is 0.741. The van der Waals surface area contributed by atoms with Crippen LogP contribution in [0.15, 0.2) is 18.2 Å². The molecule has 4 rings (SSSR count). The van der Waals surface area contributed by atoms with E-state index < -0.39 is 5.60 Å². The molecule has 3 aliphatic heterocycles. The van der Waals surface area contributed by atoms with Crippen molar-refractivity contribution in [2.45, 2.75) is 84.5 Å². The topological polar surface area (TPSA) is 60.0 Å². The van der Waals surface area contributed by atoms with Gasteiger partial charge in [0.05, 0.1) is 12.7 Å². The van der Waals surface area contributed by atoms with Crippen LogP contribution in [0.3, 0.4) is 0 Å². The molecule has 2 saturated heterocycles. The van der Waals surface area contributed by atoms with Crippen LogP contribution in [0.5, 0.6) is 5.75 Å². The molecule has 1 N–H and O–H groups in total. The lowest BCUT2D eigenvalue weighted by atomic mass is 9.73. The first-order chi connectivity index (χ1) is 15.7. The summed E-state index contributed by atoms with van der Waals surface area (Å²) >= 11 is 0. The second kappa shape index (κ2) is 10.1. The molecule has 0 bridgehead atoms. The quantitative estimate of drug-likeness (QED) is 0.585. The molecule has 1 aromatic rings. The molecule has 6 heteroatoms. The number of nitrogens with zero attached hydrogens (tertiary/aromatic N) is 1. The minimum atomic E-state index is -0.452. The van der Waals surface area contributed by atoms with Crippen molar-refractivity contribution >= 4 is 11.8 Å². The summed E-state index contributed by atoms with van der Waals surface area (Å²) in [6.07, 6.45) is 5.26. The van der Waals surface area contributed by atoms with Gasteiger partial charge in [0.1, 0.15) is 11.4 Å². The second-order valence-corrected chi connectivity index (χ2v) is 11.4. The van der Waals surface area contributed by atoms with Crippen LogP contribution in [0.2, 0.25) is 0 Å². The van der Waals surface area contributed by atoms with Crippen molar-refractivity contribution < 1.29 is 19.0 Å². The molecule has 0 spiro atoms. The molecule has 3 atom stereocenters. The lowest BCUT2D eigenvalue weighted by molar-refractivity contribution is -0.0479. The summed E-state index contributed by atoms with van der Waals surface area (Å²) in [5.74, 6) is 2.55. The molecular formula is C27H42N2O4. The van der Waals surface area contributed by atoms with Gasteiger partial charge in [-0.15, -0.1) is 0 Å². The van der Waals surface area contributed by atoms with Crippen LogP contribution in [-0.4, -0.2) is 48.9 Å². The number of piperidine rings is 1. The van der Waals surface area contributed by atoms with E-state index >= 15 is 0 Å². The zero-order valence-electron chi connectivity index (χ0n) is 21.1. The molecule has 1 amide bonds. The highest BCUT2D eigenvalue weighted by Crippen LogP contribution is 2.47. The number of ether oxygens (including phenoxy) is 3. The maximum absolute atomic E-state index is 12.5. The number of carbonyl (C=O) groups excluding carboxylic acids is 1. The van der Waals surface area contributed by atoms with E-state index in [-0.39, 0.29) is 12.2 Å². The molecule has 3 heterocycles. The lowest BCUT2D eigenvalue weighted by Crippen LogP contribution is -2.50. The van der Waals surface area contributed by atoms with Gasteiger partial charge in [0.15, 0.2) is 0 Å². The maximum Gasteiger partial charge on any atom is 0.410 e. The van der Waals surface area contributed by atoms with E-state index in [1.165, 1.54) is 17.7 Å². The molecule has 0 radical (unpaired) electrons. The molecule has 184 valence electrons. The minimum Gasteiger partial charge on any atom is -0.494 e. The monoisotopic (exact) mass is 458 g/mol. The number of likely N-dealkylation sites (tertiary alicyclic amines) is 1. The van der Waals surface area contributed by atoms with Crippen LogP contribution in [0.4, 0.5) is 10.5 Å². The molecule has 33 heavy (non-hydrogen) atoms. The van der Waals surface area contributed by atoms with Crippen LogP contribution < -0.4 is 10.1 Å². The molecule has 2 fully saturated rings. The Morgan fingerprint density at radius 2 is 1.97 bits per heavy atom. The van der Waals surface area contributed by atoms with Gasteiger partial charge in [0.25, 0.3) is 0 Å². The first-order valence-corrected chi connectivity index (χ1v) is 12.8. The summed E-state index contributed by atoms with van der Waals surface area (Å²) in [6.45, 7) is 13.3. The highest BCUT2D eigenvalue weighted by molar-refractivity contribution is 5.68. The van der Waals surface area contributed by atoms with Crippen molar-refractivity contribution in [1.29, 1.82) is 0 Å². The van der Waals surface area contributed by atoms with Crippen molar-refractivity contribution in [3.05, 3.63) is 23.8 Å². The Morgan fingerprint density at radius 1 is 1.21 bits per heavy atom. The third-order valence-corrected chi connectivity index (χ3v) is 7.14. The smallest absolute Gasteiger partial charge is 0.410 e. The third-order valence-electron chi connectivity index (χ3n) is 7.14. The van der Waals surface area contributed by atoms with E-state index in [1.807, 2.05) is 25.7 Å². The average Bonchev–Trinajstić information content (AvgIpc) is 2.77. The van der Waals surface area contributed by atoms with E-state index in [1.54, 1.807) is 0 Å². The predicted molar refractivity (Wildman–Crippen MR) is 131 cm³/mol. The highest BCUT2D eigenvalue weighted by Gasteiger charge is 2.43. The van der Waals surface area contributed by atoms with Crippen molar-refractivity contribution in [1.82, 2.24) is 4.90 Å². The fourth-order valence-electron chi connectivity index (χ4n) is 5.42. The summed E-state index contributed by atoms with van der Waals surface area (Å²) in [5, 5.41) is 3.88. The number of hydrogen-bond donors (Lipinski definition) is 1. The Balaban J connectivity index is 1.43. The van der Waals surface area contributed by atoms with Crippen LogP contribution in [0.25, 0.3) is 0 Å². The lowest BCUT2D eigenvalue weighted by Gasteiger charge is -2.47. The summed E-state index contributed by atoms with van der Waals surface area (Å²) in [4.78, 5) is 14.4. The summed E-state index contributed by atoms with van der Waals surface area (Å²) in [6, 6.07) is 6.80. The minimum absolute atomic E-state index is 0.123. The summed E-state index contributed by atoms with van der Waals surface area (Å²) < 4.78 is 18.0. The zero-order chi connectivity index (χ0) is 23.6. The van der Waals surface area contributed by atoms with Gasteiger partial charge in [-0.1, -0.05) is 13.8 Å². The Labute approximate surface area is 199 Å². The van der Waals surface area contributed by atoms with Crippen LogP contribution in [-0.2, 0) is 9.47 Å². The normalized spacial score (nSPS) is 25.8. The number of benzene rings is 1.